The van der Waals surface area contributed by atoms with Crippen molar-refractivity contribution in [3.8, 4) is 6.07 Å². The first-order valence-electron chi connectivity index (χ1n) is 8.69. The molecule has 2 aromatic carbocycles. The maximum atomic E-state index is 8.65. The number of hydrogen-bond acceptors (Lipinski definition) is 3. The zero-order valence-electron chi connectivity index (χ0n) is 14.0. The molecule has 0 bridgehead atoms. The SMILES string of the molecule is N#CCSCCCN1CCc2ccccc2[C@@H]1Cc1ccccc1. The van der Waals surface area contributed by atoms with Crippen molar-refractivity contribution in [2.45, 2.75) is 25.3 Å². The number of nitrogens with zero attached hydrogens (tertiary/aromatic N) is 2. The minimum absolute atomic E-state index is 0.471. The molecule has 0 saturated heterocycles. The molecule has 1 heterocycles. The summed E-state index contributed by atoms with van der Waals surface area (Å²) in [6.45, 7) is 2.25. The molecule has 1 aliphatic heterocycles. The Morgan fingerprint density at radius 3 is 2.71 bits per heavy atom. The summed E-state index contributed by atoms with van der Waals surface area (Å²) in [5.74, 6) is 1.68. The van der Waals surface area contributed by atoms with E-state index in [1.165, 1.54) is 16.7 Å². The van der Waals surface area contributed by atoms with Gasteiger partial charge in [-0.25, -0.2) is 0 Å². The molecule has 24 heavy (non-hydrogen) atoms. The van der Waals surface area contributed by atoms with Crippen LogP contribution in [0.15, 0.2) is 54.6 Å². The standard InChI is InChI=1S/C21H24N2S/c22-12-16-24-15-6-13-23-14-11-19-9-4-5-10-20(19)21(23)17-18-7-2-1-3-8-18/h1-5,7-10,21H,6,11,13-17H2/t21-/m0/s1. The predicted octanol–water partition coefficient (Wildman–Crippen LogP) is 4.48. The van der Waals surface area contributed by atoms with Gasteiger partial charge in [-0.15, -0.1) is 11.8 Å². The van der Waals surface area contributed by atoms with Crippen LogP contribution in [0.2, 0.25) is 0 Å². The minimum Gasteiger partial charge on any atom is -0.296 e. The van der Waals surface area contributed by atoms with Gasteiger partial charge in [0.05, 0.1) is 11.8 Å². The molecule has 0 fully saturated rings. The normalized spacial score (nSPS) is 17.2. The monoisotopic (exact) mass is 336 g/mol. The summed E-state index contributed by atoms with van der Waals surface area (Å²) in [7, 11) is 0. The van der Waals surface area contributed by atoms with Crippen molar-refractivity contribution < 1.29 is 0 Å². The molecular formula is C21H24N2S. The van der Waals surface area contributed by atoms with Gasteiger partial charge in [0.2, 0.25) is 0 Å². The lowest BCUT2D eigenvalue weighted by Gasteiger charge is -2.37. The highest BCUT2D eigenvalue weighted by Gasteiger charge is 2.26. The Morgan fingerprint density at radius 2 is 1.88 bits per heavy atom. The average molecular weight is 337 g/mol. The Hall–Kier alpha value is -1.76. The summed E-state index contributed by atoms with van der Waals surface area (Å²) in [6.07, 6.45) is 3.37. The molecule has 0 unspecified atom stereocenters. The van der Waals surface area contributed by atoms with Crippen molar-refractivity contribution in [1.82, 2.24) is 4.90 Å². The van der Waals surface area contributed by atoms with E-state index in [4.69, 9.17) is 5.26 Å². The summed E-state index contributed by atoms with van der Waals surface area (Å²) in [6, 6.07) is 22.4. The molecule has 0 saturated carbocycles. The number of thioether (sulfide) groups is 1. The molecule has 1 atom stereocenters. The maximum Gasteiger partial charge on any atom is 0.0808 e. The number of nitriles is 1. The van der Waals surface area contributed by atoms with Crippen LogP contribution in [-0.4, -0.2) is 29.5 Å². The summed E-state index contributed by atoms with van der Waals surface area (Å²) < 4.78 is 0. The van der Waals surface area contributed by atoms with Crippen LogP contribution in [0.5, 0.6) is 0 Å². The van der Waals surface area contributed by atoms with E-state index in [-0.39, 0.29) is 0 Å². The fraction of sp³-hybridized carbons (Fsp3) is 0.381. The van der Waals surface area contributed by atoms with E-state index in [0.717, 1.165) is 38.1 Å². The molecule has 3 rings (SSSR count). The Bertz CT molecular complexity index is 678. The second kappa shape index (κ2) is 8.92. The van der Waals surface area contributed by atoms with Gasteiger partial charge in [0.25, 0.3) is 0 Å². The molecule has 124 valence electrons. The van der Waals surface area contributed by atoms with Gasteiger partial charge >= 0.3 is 0 Å². The van der Waals surface area contributed by atoms with Crippen LogP contribution in [0.1, 0.15) is 29.2 Å². The molecule has 0 N–H and O–H groups in total. The third kappa shape index (κ3) is 4.41. The van der Waals surface area contributed by atoms with Crippen LogP contribution < -0.4 is 0 Å². The first-order chi connectivity index (χ1) is 11.9. The second-order valence-electron chi connectivity index (χ2n) is 6.25. The third-order valence-corrected chi connectivity index (χ3v) is 5.61. The lowest BCUT2D eigenvalue weighted by Crippen LogP contribution is -2.37. The molecule has 0 aliphatic carbocycles. The Kier molecular flexibility index (Phi) is 6.34. The van der Waals surface area contributed by atoms with Crippen molar-refractivity contribution in [1.29, 1.82) is 5.26 Å². The van der Waals surface area contributed by atoms with Crippen molar-refractivity contribution >= 4 is 11.8 Å². The number of benzene rings is 2. The number of hydrogen-bond donors (Lipinski definition) is 0. The fourth-order valence-electron chi connectivity index (χ4n) is 3.54. The van der Waals surface area contributed by atoms with Gasteiger partial charge in [0.15, 0.2) is 0 Å². The highest BCUT2D eigenvalue weighted by atomic mass is 32.2. The van der Waals surface area contributed by atoms with Crippen LogP contribution >= 0.6 is 11.8 Å². The molecule has 2 nitrogen and oxygen atoms in total. The van der Waals surface area contributed by atoms with E-state index in [1.807, 2.05) is 0 Å². The molecule has 3 heteroatoms. The predicted molar refractivity (Wildman–Crippen MR) is 102 cm³/mol. The average Bonchev–Trinajstić information content (AvgIpc) is 2.64. The molecule has 0 amide bonds. The van der Waals surface area contributed by atoms with Crippen molar-refractivity contribution in [2.75, 3.05) is 24.6 Å². The van der Waals surface area contributed by atoms with Crippen LogP contribution in [0.25, 0.3) is 0 Å². The highest BCUT2D eigenvalue weighted by Crippen LogP contribution is 2.32. The Balaban J connectivity index is 1.71. The Morgan fingerprint density at radius 1 is 1.08 bits per heavy atom. The smallest absolute Gasteiger partial charge is 0.0808 e. The maximum absolute atomic E-state index is 8.65. The zero-order chi connectivity index (χ0) is 16.6. The zero-order valence-corrected chi connectivity index (χ0v) is 14.8. The summed E-state index contributed by atoms with van der Waals surface area (Å²) >= 11 is 1.74. The van der Waals surface area contributed by atoms with Crippen LogP contribution in [0.4, 0.5) is 0 Å². The summed E-state index contributed by atoms with van der Waals surface area (Å²) in [5.41, 5.74) is 4.41. The van der Waals surface area contributed by atoms with E-state index >= 15 is 0 Å². The summed E-state index contributed by atoms with van der Waals surface area (Å²) in [4.78, 5) is 2.64. The highest BCUT2D eigenvalue weighted by molar-refractivity contribution is 7.99. The van der Waals surface area contributed by atoms with Gasteiger partial charge in [-0.3, -0.25) is 4.90 Å². The first kappa shape index (κ1) is 17.1. The topological polar surface area (TPSA) is 27.0 Å². The van der Waals surface area contributed by atoms with E-state index < -0.39 is 0 Å². The van der Waals surface area contributed by atoms with Gasteiger partial charge in [0.1, 0.15) is 0 Å². The van der Waals surface area contributed by atoms with Crippen molar-refractivity contribution in [3.63, 3.8) is 0 Å². The van der Waals surface area contributed by atoms with Crippen LogP contribution in [0, 0.1) is 11.3 Å². The lowest BCUT2D eigenvalue weighted by molar-refractivity contribution is 0.184. The van der Waals surface area contributed by atoms with Crippen LogP contribution in [-0.2, 0) is 12.8 Å². The van der Waals surface area contributed by atoms with Crippen LogP contribution in [0.3, 0.4) is 0 Å². The van der Waals surface area contributed by atoms with Gasteiger partial charge < -0.3 is 0 Å². The summed E-state index contributed by atoms with van der Waals surface area (Å²) in [5, 5.41) is 8.65. The van der Waals surface area contributed by atoms with Gasteiger partial charge in [-0.2, -0.15) is 5.26 Å². The fourth-order valence-corrected chi connectivity index (χ4v) is 4.10. The minimum atomic E-state index is 0.471. The van der Waals surface area contributed by atoms with Gasteiger partial charge in [0, 0.05) is 12.6 Å². The van der Waals surface area contributed by atoms with Crippen molar-refractivity contribution in [2.24, 2.45) is 0 Å². The van der Waals surface area contributed by atoms with E-state index in [0.29, 0.717) is 11.8 Å². The van der Waals surface area contributed by atoms with Gasteiger partial charge in [-0.1, -0.05) is 54.6 Å². The third-order valence-electron chi connectivity index (χ3n) is 4.70. The van der Waals surface area contributed by atoms with Crippen molar-refractivity contribution in [3.05, 3.63) is 71.3 Å². The quantitative estimate of drug-likeness (QED) is 0.698. The molecule has 0 spiro atoms. The number of fused-ring (bicyclic) bond motifs is 1. The Labute approximate surface area is 149 Å². The molecule has 2 aromatic rings. The molecular weight excluding hydrogens is 312 g/mol. The largest absolute Gasteiger partial charge is 0.296 e. The molecule has 1 aliphatic rings. The van der Waals surface area contributed by atoms with Gasteiger partial charge in [-0.05, 0) is 48.3 Å². The molecule has 0 aromatic heterocycles. The van der Waals surface area contributed by atoms with E-state index in [2.05, 4.69) is 65.6 Å². The molecule has 0 radical (unpaired) electrons. The lowest BCUT2D eigenvalue weighted by atomic mass is 9.88. The van der Waals surface area contributed by atoms with E-state index in [9.17, 15) is 0 Å². The van der Waals surface area contributed by atoms with E-state index in [1.54, 1.807) is 11.8 Å². The first-order valence-corrected chi connectivity index (χ1v) is 9.84. The second-order valence-corrected chi connectivity index (χ2v) is 7.36. The number of rotatable bonds is 7.